The zero-order valence-electron chi connectivity index (χ0n) is 19.9. The first-order valence-electron chi connectivity index (χ1n) is 11.6. The fraction of sp³-hybridized carbons (Fsp3) is 0.435. The molecule has 5 heterocycles. The molecule has 0 radical (unpaired) electrons. The maximum atomic E-state index is 5.28. The summed E-state index contributed by atoms with van der Waals surface area (Å²) in [5, 5.41) is 0. The third kappa shape index (κ3) is 5.33. The number of ether oxygens (including phenoxy) is 1. The Balaban J connectivity index is 1.49. The van der Waals surface area contributed by atoms with Crippen molar-refractivity contribution in [3.8, 4) is 0 Å². The van der Waals surface area contributed by atoms with Crippen LogP contribution >= 0.6 is 0 Å². The summed E-state index contributed by atoms with van der Waals surface area (Å²) < 4.78 is 5.28. The molecule has 12 heteroatoms. The third-order valence-corrected chi connectivity index (χ3v) is 6.08. The smallest absolute Gasteiger partial charge is 0.225 e. The Labute approximate surface area is 203 Å². The van der Waals surface area contributed by atoms with Gasteiger partial charge in [0.05, 0.1) is 18.6 Å². The van der Waals surface area contributed by atoms with Gasteiger partial charge in [0, 0.05) is 90.3 Å². The van der Waals surface area contributed by atoms with Crippen molar-refractivity contribution in [3.05, 3.63) is 54.9 Å². The van der Waals surface area contributed by atoms with Gasteiger partial charge in [-0.3, -0.25) is 14.9 Å². The second-order valence-corrected chi connectivity index (χ2v) is 8.54. The molecule has 0 amide bonds. The summed E-state index contributed by atoms with van der Waals surface area (Å²) >= 11 is 0. The quantitative estimate of drug-likeness (QED) is 0.394. The van der Waals surface area contributed by atoms with E-state index in [1.54, 1.807) is 38.2 Å². The van der Waals surface area contributed by atoms with E-state index in [2.05, 4.69) is 44.6 Å². The van der Waals surface area contributed by atoms with Crippen molar-refractivity contribution in [3.63, 3.8) is 0 Å². The Kier molecular flexibility index (Phi) is 7.00. The molecule has 4 aromatic rings. The average Bonchev–Trinajstić information content (AvgIpc) is 3.28. The molecule has 0 aromatic carbocycles. The number of hydrogen-bond acceptors (Lipinski definition) is 11. The first-order chi connectivity index (χ1) is 17.2. The predicted octanol–water partition coefficient (Wildman–Crippen LogP) is 1.12. The summed E-state index contributed by atoms with van der Waals surface area (Å²) in [5.74, 6) is 2.27. The molecule has 182 valence electrons. The van der Waals surface area contributed by atoms with Crippen LogP contribution in [0.2, 0.25) is 0 Å². The van der Waals surface area contributed by atoms with Gasteiger partial charge >= 0.3 is 0 Å². The highest BCUT2D eigenvalue weighted by Crippen LogP contribution is 2.27. The number of nitrogens with one attached hydrogen (secondary N) is 1. The van der Waals surface area contributed by atoms with E-state index in [1.165, 1.54) is 0 Å². The standard InChI is InChI=1S/C23H29N11O/c1-32(10-11-35-2)22-19-21(29-16-28-19)30-20(31-22)17-13-33(15-18-12-24-6-7-25-18)8-9-34(14-17)23-26-4-3-5-27-23/h3-7,12,16-17H,8-11,13-15H2,1-2H3,(H,28,29,30,31). The number of likely N-dealkylation sites (N-methyl/N-ethyl adjacent to an activating group) is 1. The van der Waals surface area contributed by atoms with Gasteiger partial charge < -0.3 is 19.5 Å². The van der Waals surface area contributed by atoms with Crippen molar-refractivity contribution >= 4 is 22.9 Å². The molecule has 0 aliphatic carbocycles. The van der Waals surface area contributed by atoms with Crippen LogP contribution in [0.25, 0.3) is 11.2 Å². The van der Waals surface area contributed by atoms with Crippen LogP contribution in [0, 0.1) is 0 Å². The van der Waals surface area contributed by atoms with Gasteiger partial charge in [0.25, 0.3) is 0 Å². The number of aromatic nitrogens is 8. The van der Waals surface area contributed by atoms with E-state index in [4.69, 9.17) is 14.7 Å². The zero-order chi connectivity index (χ0) is 24.0. The molecular weight excluding hydrogens is 446 g/mol. The van der Waals surface area contributed by atoms with Crippen molar-refractivity contribution in [2.75, 3.05) is 63.3 Å². The molecule has 1 aliphatic heterocycles. The van der Waals surface area contributed by atoms with Crippen LogP contribution in [-0.4, -0.2) is 98.3 Å². The summed E-state index contributed by atoms with van der Waals surface area (Å²) in [6, 6.07) is 1.83. The van der Waals surface area contributed by atoms with E-state index in [0.29, 0.717) is 37.8 Å². The van der Waals surface area contributed by atoms with Crippen LogP contribution in [0.1, 0.15) is 17.4 Å². The summed E-state index contributed by atoms with van der Waals surface area (Å²) in [6.45, 7) is 5.06. The first kappa shape index (κ1) is 23.0. The Morgan fingerprint density at radius 3 is 2.74 bits per heavy atom. The monoisotopic (exact) mass is 475 g/mol. The maximum absolute atomic E-state index is 5.28. The molecule has 0 bridgehead atoms. The van der Waals surface area contributed by atoms with Crippen molar-refractivity contribution in [1.29, 1.82) is 0 Å². The van der Waals surface area contributed by atoms with Gasteiger partial charge in [-0.2, -0.15) is 0 Å². The second kappa shape index (κ2) is 10.7. The lowest BCUT2D eigenvalue weighted by Crippen LogP contribution is -2.31. The molecule has 4 aromatic heterocycles. The first-order valence-corrected chi connectivity index (χ1v) is 11.6. The molecule has 12 nitrogen and oxygen atoms in total. The molecule has 1 saturated heterocycles. The van der Waals surface area contributed by atoms with E-state index in [0.717, 1.165) is 42.5 Å². The number of aromatic amines is 1. The van der Waals surface area contributed by atoms with Crippen LogP contribution in [0.5, 0.6) is 0 Å². The highest BCUT2D eigenvalue weighted by molar-refractivity contribution is 5.83. The average molecular weight is 476 g/mol. The van der Waals surface area contributed by atoms with Crippen LogP contribution in [0.3, 0.4) is 0 Å². The van der Waals surface area contributed by atoms with Crippen LogP contribution in [-0.2, 0) is 11.3 Å². The summed E-state index contributed by atoms with van der Waals surface area (Å²) in [6.07, 6.45) is 10.4. The topological polar surface area (TPSA) is 125 Å². The van der Waals surface area contributed by atoms with Gasteiger partial charge in [0.2, 0.25) is 5.95 Å². The Morgan fingerprint density at radius 1 is 1.06 bits per heavy atom. The minimum atomic E-state index is 0.00801. The Bertz CT molecular complexity index is 1220. The van der Waals surface area contributed by atoms with E-state index in [1.807, 2.05) is 19.3 Å². The normalized spacial score (nSPS) is 17.0. The number of H-pyrrole nitrogens is 1. The van der Waals surface area contributed by atoms with E-state index < -0.39 is 0 Å². The lowest BCUT2D eigenvalue weighted by atomic mass is 10.1. The minimum Gasteiger partial charge on any atom is -0.383 e. The predicted molar refractivity (Wildman–Crippen MR) is 131 cm³/mol. The molecule has 1 aliphatic rings. The van der Waals surface area contributed by atoms with E-state index in [-0.39, 0.29) is 5.92 Å². The van der Waals surface area contributed by atoms with Gasteiger partial charge in [0.15, 0.2) is 11.5 Å². The summed E-state index contributed by atoms with van der Waals surface area (Å²) in [4.78, 5) is 41.9. The van der Waals surface area contributed by atoms with E-state index in [9.17, 15) is 0 Å². The molecule has 1 fully saturated rings. The number of methoxy groups -OCH3 is 1. The van der Waals surface area contributed by atoms with Gasteiger partial charge in [0.1, 0.15) is 11.3 Å². The fourth-order valence-electron chi connectivity index (χ4n) is 4.29. The maximum Gasteiger partial charge on any atom is 0.225 e. The highest BCUT2D eigenvalue weighted by atomic mass is 16.5. The highest BCUT2D eigenvalue weighted by Gasteiger charge is 2.29. The Hall–Kier alpha value is -3.77. The van der Waals surface area contributed by atoms with Crippen LogP contribution in [0.15, 0.2) is 43.4 Å². The Morgan fingerprint density at radius 2 is 1.94 bits per heavy atom. The lowest BCUT2D eigenvalue weighted by Gasteiger charge is -2.25. The van der Waals surface area contributed by atoms with Crippen molar-refractivity contribution < 1.29 is 4.74 Å². The van der Waals surface area contributed by atoms with Crippen molar-refractivity contribution in [2.24, 2.45) is 0 Å². The summed E-state index contributed by atoms with van der Waals surface area (Å²) in [5.41, 5.74) is 2.40. The van der Waals surface area contributed by atoms with Crippen LogP contribution < -0.4 is 9.80 Å². The second-order valence-electron chi connectivity index (χ2n) is 8.54. The lowest BCUT2D eigenvalue weighted by molar-refractivity contribution is 0.206. The molecule has 5 rings (SSSR count). The minimum absolute atomic E-state index is 0.00801. The SMILES string of the molecule is COCCN(C)c1nc(C2CN(Cc3cnccn3)CCN(c3ncccn3)C2)nc2nc[nH]c12. The number of nitrogens with zero attached hydrogens (tertiary/aromatic N) is 10. The van der Waals surface area contributed by atoms with Gasteiger partial charge in [-0.15, -0.1) is 0 Å². The number of hydrogen-bond donors (Lipinski definition) is 1. The molecule has 1 N–H and O–H groups in total. The zero-order valence-corrected chi connectivity index (χ0v) is 19.9. The number of rotatable bonds is 8. The van der Waals surface area contributed by atoms with Crippen LogP contribution in [0.4, 0.5) is 11.8 Å². The molecule has 35 heavy (non-hydrogen) atoms. The largest absolute Gasteiger partial charge is 0.383 e. The fourth-order valence-corrected chi connectivity index (χ4v) is 4.29. The molecule has 0 spiro atoms. The third-order valence-electron chi connectivity index (χ3n) is 6.08. The van der Waals surface area contributed by atoms with Crippen molar-refractivity contribution in [2.45, 2.75) is 12.5 Å². The van der Waals surface area contributed by atoms with Gasteiger partial charge in [-0.1, -0.05) is 0 Å². The van der Waals surface area contributed by atoms with Gasteiger partial charge in [-0.25, -0.2) is 24.9 Å². The molecule has 1 unspecified atom stereocenters. The number of fused-ring (bicyclic) bond motifs is 1. The van der Waals surface area contributed by atoms with E-state index >= 15 is 0 Å². The number of imidazole rings is 1. The molecule has 0 saturated carbocycles. The van der Waals surface area contributed by atoms with Gasteiger partial charge in [-0.05, 0) is 6.07 Å². The molecular formula is C23H29N11O. The molecule has 1 atom stereocenters. The number of anilines is 2. The summed E-state index contributed by atoms with van der Waals surface area (Å²) in [7, 11) is 3.70. The van der Waals surface area contributed by atoms with Crippen molar-refractivity contribution in [1.82, 2.24) is 44.8 Å².